The van der Waals surface area contributed by atoms with Crippen LogP contribution in [0.1, 0.15) is 46.1 Å². The topological polar surface area (TPSA) is 79.5 Å². The summed E-state index contributed by atoms with van der Waals surface area (Å²) in [5, 5.41) is 5.29. The van der Waals surface area contributed by atoms with Gasteiger partial charge in [0, 0.05) is 36.8 Å². The summed E-state index contributed by atoms with van der Waals surface area (Å²) in [6.07, 6.45) is 12.8. The first-order chi connectivity index (χ1) is 15.7. The Kier molecular flexibility index (Phi) is 5.64. The monoisotopic (exact) mass is 449 g/mol. The van der Waals surface area contributed by atoms with Crippen LogP contribution in [0.4, 0.5) is 9.52 Å². The fourth-order valence-electron chi connectivity index (χ4n) is 3.89. The number of aryl methyl sites for hydroxylation is 1. The number of nitrogens with one attached hydrogen (secondary N) is 2. The van der Waals surface area contributed by atoms with Gasteiger partial charge < -0.3 is 4.57 Å². The number of aromatic nitrogens is 5. The van der Waals surface area contributed by atoms with Crippen molar-refractivity contribution in [2.45, 2.75) is 32.4 Å². The molecule has 0 saturated heterocycles. The molecule has 5 heterocycles. The van der Waals surface area contributed by atoms with Crippen LogP contribution in [0.25, 0.3) is 12.2 Å². The molecule has 0 aromatic carbocycles. The molecule has 0 aliphatic carbocycles. The molecule has 162 valence electrons. The number of fused-ring (bicyclic) bond motifs is 1. The molecule has 7 nitrogen and oxygen atoms in total. The first kappa shape index (κ1) is 20.3. The van der Waals surface area contributed by atoms with Crippen molar-refractivity contribution in [2.75, 3.05) is 5.32 Å². The smallest absolute Gasteiger partial charge is 0.279 e. The summed E-state index contributed by atoms with van der Waals surface area (Å²) in [4.78, 5) is 24.2. The van der Waals surface area contributed by atoms with E-state index in [4.69, 9.17) is 0 Å². The summed E-state index contributed by atoms with van der Waals surface area (Å²) in [6, 6.07) is 6.61. The van der Waals surface area contributed by atoms with Gasteiger partial charge in [-0.25, -0.2) is 19.5 Å². The summed E-state index contributed by atoms with van der Waals surface area (Å²) in [6.45, 7) is 1.40. The Morgan fingerprint density at radius 2 is 2.28 bits per heavy atom. The Hall–Kier alpha value is -3.59. The van der Waals surface area contributed by atoms with Crippen molar-refractivity contribution in [3.8, 4) is 0 Å². The molecule has 0 radical (unpaired) electrons. The van der Waals surface area contributed by atoms with Crippen molar-refractivity contribution in [3.63, 3.8) is 0 Å². The van der Waals surface area contributed by atoms with Gasteiger partial charge in [-0.1, -0.05) is 0 Å². The van der Waals surface area contributed by atoms with E-state index in [2.05, 4.69) is 31.0 Å². The molecule has 9 heteroatoms. The standard InChI is InChI=1S/C23H21FN6OS/c24-20-12-16(8-9-25-20)14-29-10-3-5-19(29)22(31)28-23-27-17(15-32-23)6-7-21-26-13-18-4-1-2-11-30(18)21/h3,5-10,12-13,15H,1-2,4,11,14H2,(H,27,28,31)/p+1/b7-6+. The second-order valence-electron chi connectivity index (χ2n) is 7.65. The molecule has 1 amide bonds. The highest BCUT2D eigenvalue weighted by atomic mass is 32.1. The highest BCUT2D eigenvalue weighted by Gasteiger charge is 2.19. The van der Waals surface area contributed by atoms with Gasteiger partial charge in [-0.05, 0) is 48.7 Å². The van der Waals surface area contributed by atoms with Crippen LogP contribution in [-0.4, -0.2) is 25.4 Å². The molecule has 4 aromatic rings. The zero-order valence-electron chi connectivity index (χ0n) is 17.3. The molecule has 4 aromatic heterocycles. The zero-order valence-corrected chi connectivity index (χ0v) is 18.1. The number of thiazole rings is 1. The molecule has 0 atom stereocenters. The van der Waals surface area contributed by atoms with Gasteiger partial charge in [-0.15, -0.1) is 11.3 Å². The molecule has 1 aliphatic rings. The SMILES string of the molecule is O=C(Nc1nc(/C=C/c2[nH]cc3[n+]2CCCC3)cs1)c1cccn1Cc1ccnc(F)c1. The van der Waals surface area contributed by atoms with Crippen molar-refractivity contribution in [3.05, 3.63) is 82.7 Å². The Labute approximate surface area is 188 Å². The van der Waals surface area contributed by atoms with Crippen LogP contribution < -0.4 is 9.88 Å². The van der Waals surface area contributed by atoms with Crippen LogP contribution in [0.2, 0.25) is 0 Å². The second kappa shape index (κ2) is 8.88. The minimum atomic E-state index is -0.540. The van der Waals surface area contributed by atoms with Crippen molar-refractivity contribution in [2.24, 2.45) is 0 Å². The summed E-state index contributed by atoms with van der Waals surface area (Å²) < 4.78 is 17.4. The lowest BCUT2D eigenvalue weighted by Crippen LogP contribution is -2.41. The normalized spacial score (nSPS) is 13.4. The van der Waals surface area contributed by atoms with Gasteiger partial charge >= 0.3 is 0 Å². The Morgan fingerprint density at radius 1 is 1.34 bits per heavy atom. The number of amides is 1. The number of rotatable bonds is 6. The molecule has 32 heavy (non-hydrogen) atoms. The van der Waals surface area contributed by atoms with Gasteiger partial charge in [0.05, 0.1) is 12.2 Å². The minimum absolute atomic E-state index is 0.261. The molecule has 0 bridgehead atoms. The number of imidazole rings is 1. The average Bonchev–Trinajstić information content (AvgIpc) is 3.52. The molecule has 0 saturated carbocycles. The summed E-state index contributed by atoms with van der Waals surface area (Å²) in [5.41, 5.74) is 3.32. The van der Waals surface area contributed by atoms with Gasteiger partial charge in [0.15, 0.2) is 5.13 Å². The number of pyridine rings is 1. The highest BCUT2D eigenvalue weighted by Crippen LogP contribution is 2.19. The van der Waals surface area contributed by atoms with Crippen molar-refractivity contribution in [1.29, 1.82) is 0 Å². The Balaban J connectivity index is 1.26. The predicted molar refractivity (Wildman–Crippen MR) is 121 cm³/mol. The van der Waals surface area contributed by atoms with Crippen molar-refractivity contribution >= 4 is 34.5 Å². The van der Waals surface area contributed by atoms with E-state index in [0.29, 0.717) is 17.4 Å². The van der Waals surface area contributed by atoms with Crippen molar-refractivity contribution < 1.29 is 13.8 Å². The van der Waals surface area contributed by atoms with Crippen LogP contribution in [-0.2, 0) is 19.5 Å². The quantitative estimate of drug-likeness (QED) is 0.346. The molecular weight excluding hydrogens is 427 g/mol. The summed E-state index contributed by atoms with van der Waals surface area (Å²) >= 11 is 1.37. The lowest BCUT2D eigenvalue weighted by Gasteiger charge is -2.09. The van der Waals surface area contributed by atoms with Gasteiger partial charge in [0.2, 0.25) is 5.95 Å². The highest BCUT2D eigenvalue weighted by molar-refractivity contribution is 7.14. The maximum Gasteiger partial charge on any atom is 0.279 e. The molecule has 0 fully saturated rings. The van der Waals surface area contributed by atoms with E-state index in [1.165, 1.54) is 42.1 Å². The lowest BCUT2D eigenvalue weighted by molar-refractivity contribution is -0.709. The number of hydrogen-bond acceptors (Lipinski definition) is 4. The fraction of sp³-hybridized carbons (Fsp3) is 0.217. The number of aromatic amines is 1. The third-order valence-corrected chi connectivity index (χ3v) is 6.23. The zero-order chi connectivity index (χ0) is 21.9. The number of nitrogens with zero attached hydrogens (tertiary/aromatic N) is 4. The number of halogens is 1. The largest absolute Gasteiger partial charge is 0.339 e. The van der Waals surface area contributed by atoms with Gasteiger partial charge in [-0.3, -0.25) is 10.1 Å². The summed E-state index contributed by atoms with van der Waals surface area (Å²) in [5.74, 6) is 0.259. The first-order valence-corrected chi connectivity index (χ1v) is 11.3. The fourth-order valence-corrected chi connectivity index (χ4v) is 4.57. The number of carbonyl (C=O) groups excluding carboxylic acids is 1. The Bertz CT molecular complexity index is 1290. The molecule has 2 N–H and O–H groups in total. The third kappa shape index (κ3) is 4.38. The number of hydrogen-bond donors (Lipinski definition) is 2. The van der Waals surface area contributed by atoms with Gasteiger partial charge in [0.1, 0.15) is 17.6 Å². The van der Waals surface area contributed by atoms with E-state index in [1.807, 2.05) is 17.5 Å². The average molecular weight is 450 g/mol. The van der Waals surface area contributed by atoms with E-state index >= 15 is 0 Å². The minimum Gasteiger partial charge on any atom is -0.339 e. The van der Waals surface area contributed by atoms with Crippen molar-refractivity contribution in [1.82, 2.24) is 19.5 Å². The third-order valence-electron chi connectivity index (χ3n) is 5.45. The van der Waals surface area contributed by atoms with E-state index < -0.39 is 5.95 Å². The summed E-state index contributed by atoms with van der Waals surface area (Å²) in [7, 11) is 0. The number of carbonyl (C=O) groups is 1. The van der Waals surface area contributed by atoms with E-state index in [1.54, 1.807) is 29.0 Å². The van der Waals surface area contributed by atoms with Crippen LogP contribution in [0, 0.1) is 5.95 Å². The first-order valence-electron chi connectivity index (χ1n) is 10.5. The van der Waals surface area contributed by atoms with Crippen LogP contribution >= 0.6 is 11.3 Å². The van der Waals surface area contributed by atoms with Crippen LogP contribution in [0.3, 0.4) is 0 Å². The second-order valence-corrected chi connectivity index (χ2v) is 8.51. The van der Waals surface area contributed by atoms with E-state index in [9.17, 15) is 9.18 Å². The maximum absolute atomic E-state index is 13.4. The number of anilines is 1. The Morgan fingerprint density at radius 3 is 3.19 bits per heavy atom. The van der Waals surface area contributed by atoms with E-state index in [0.717, 1.165) is 30.0 Å². The predicted octanol–water partition coefficient (Wildman–Crippen LogP) is 3.90. The lowest BCUT2D eigenvalue weighted by atomic mass is 10.1. The molecule has 5 rings (SSSR count). The molecule has 0 unspecified atom stereocenters. The van der Waals surface area contributed by atoms with Crippen LogP contribution in [0.5, 0.6) is 0 Å². The maximum atomic E-state index is 13.4. The van der Waals surface area contributed by atoms with E-state index in [-0.39, 0.29) is 5.91 Å². The van der Waals surface area contributed by atoms with Crippen LogP contribution in [0.15, 0.2) is 48.2 Å². The number of H-pyrrole nitrogens is 1. The molecule has 1 aliphatic heterocycles. The molecule has 0 spiro atoms. The van der Waals surface area contributed by atoms with Gasteiger partial charge in [0.25, 0.3) is 11.7 Å². The van der Waals surface area contributed by atoms with Gasteiger partial charge in [-0.2, -0.15) is 4.39 Å². The molecular formula is C23H22FN6OS+.